The van der Waals surface area contributed by atoms with Gasteiger partial charge in [0.05, 0.1) is 18.3 Å². The molecule has 0 radical (unpaired) electrons. The van der Waals surface area contributed by atoms with Crippen LogP contribution >= 0.6 is 0 Å². The first kappa shape index (κ1) is 15.3. The fraction of sp³-hybridized carbons (Fsp3) is 0.353. The minimum atomic E-state index is -0.337. The molecule has 0 amide bonds. The minimum Gasteiger partial charge on any atom is -0.491 e. The maximum absolute atomic E-state index is 11.9. The average molecular weight is 288 g/mol. The van der Waals surface area contributed by atoms with Crippen molar-refractivity contribution in [1.82, 2.24) is 0 Å². The predicted octanol–water partition coefficient (Wildman–Crippen LogP) is 3.43. The van der Waals surface area contributed by atoms with Crippen molar-refractivity contribution in [2.75, 3.05) is 20.3 Å². The highest BCUT2D eigenvalue weighted by molar-refractivity contribution is 5.95. The molecule has 0 aliphatic rings. The Kier molecular flexibility index (Phi) is 5.17. The van der Waals surface area contributed by atoms with E-state index >= 15 is 0 Å². The van der Waals surface area contributed by atoms with Crippen molar-refractivity contribution < 1.29 is 19.0 Å². The molecular weight excluding hydrogens is 268 g/mol. The Hall–Kier alpha value is -2.07. The summed E-state index contributed by atoms with van der Waals surface area (Å²) in [6, 6.07) is 11.3. The highest BCUT2D eigenvalue weighted by atomic mass is 16.6. The standard InChI is InChI=1S/C17H20O4/c1-12(2)21-16-7-6-13-10-15(5-4-14(13)11-16)17(18)20-9-8-19-3/h4-7,10-12H,8-9H2,1-3H3. The summed E-state index contributed by atoms with van der Waals surface area (Å²) in [5.74, 6) is 0.490. The first-order chi connectivity index (χ1) is 10.1. The predicted molar refractivity (Wildman–Crippen MR) is 81.9 cm³/mol. The van der Waals surface area contributed by atoms with E-state index in [0.717, 1.165) is 16.5 Å². The van der Waals surface area contributed by atoms with Crippen LogP contribution in [-0.2, 0) is 9.47 Å². The van der Waals surface area contributed by atoms with Crippen LogP contribution < -0.4 is 4.74 Å². The monoisotopic (exact) mass is 288 g/mol. The second kappa shape index (κ2) is 7.09. The number of hydrogen-bond acceptors (Lipinski definition) is 4. The molecule has 0 aromatic heterocycles. The van der Waals surface area contributed by atoms with Crippen molar-refractivity contribution in [3.63, 3.8) is 0 Å². The van der Waals surface area contributed by atoms with E-state index in [0.29, 0.717) is 12.2 Å². The van der Waals surface area contributed by atoms with Crippen molar-refractivity contribution in [2.45, 2.75) is 20.0 Å². The molecule has 0 spiro atoms. The van der Waals surface area contributed by atoms with E-state index in [-0.39, 0.29) is 18.7 Å². The van der Waals surface area contributed by atoms with Gasteiger partial charge in [0.15, 0.2) is 0 Å². The third-order valence-corrected chi connectivity index (χ3v) is 2.94. The van der Waals surface area contributed by atoms with E-state index in [1.807, 2.05) is 44.2 Å². The molecule has 0 bridgehead atoms. The van der Waals surface area contributed by atoms with Gasteiger partial charge in [-0.05, 0) is 48.9 Å². The lowest BCUT2D eigenvalue weighted by atomic mass is 10.1. The number of benzene rings is 2. The second-order valence-electron chi connectivity index (χ2n) is 5.02. The molecule has 0 N–H and O–H groups in total. The lowest BCUT2D eigenvalue weighted by Crippen LogP contribution is -2.09. The molecule has 0 heterocycles. The van der Waals surface area contributed by atoms with Crippen LogP contribution in [0.5, 0.6) is 5.75 Å². The highest BCUT2D eigenvalue weighted by Crippen LogP contribution is 2.23. The molecule has 2 rings (SSSR count). The Labute approximate surface area is 124 Å². The number of carbonyl (C=O) groups excluding carboxylic acids is 1. The molecule has 21 heavy (non-hydrogen) atoms. The van der Waals surface area contributed by atoms with Crippen molar-refractivity contribution in [2.24, 2.45) is 0 Å². The molecule has 2 aromatic carbocycles. The van der Waals surface area contributed by atoms with Gasteiger partial charge in [0, 0.05) is 7.11 Å². The number of methoxy groups -OCH3 is 1. The van der Waals surface area contributed by atoms with E-state index in [2.05, 4.69) is 0 Å². The molecule has 0 saturated heterocycles. The summed E-state index contributed by atoms with van der Waals surface area (Å²) in [6.07, 6.45) is 0.137. The van der Waals surface area contributed by atoms with Gasteiger partial charge in [0.1, 0.15) is 12.4 Å². The Balaban J connectivity index is 2.16. The Bertz CT molecular complexity index is 619. The number of ether oxygens (including phenoxy) is 3. The van der Waals surface area contributed by atoms with E-state index in [9.17, 15) is 4.79 Å². The van der Waals surface area contributed by atoms with Crippen LogP contribution in [0.1, 0.15) is 24.2 Å². The van der Waals surface area contributed by atoms with Crippen LogP contribution in [0.15, 0.2) is 36.4 Å². The third kappa shape index (κ3) is 4.20. The van der Waals surface area contributed by atoms with Crippen molar-refractivity contribution in [3.8, 4) is 5.75 Å². The van der Waals surface area contributed by atoms with Crippen LogP contribution in [0, 0.1) is 0 Å². The topological polar surface area (TPSA) is 44.8 Å². The van der Waals surface area contributed by atoms with E-state index in [1.54, 1.807) is 13.2 Å². The van der Waals surface area contributed by atoms with Crippen LogP contribution in [0.2, 0.25) is 0 Å². The Morgan fingerprint density at radius 3 is 2.48 bits per heavy atom. The number of carbonyl (C=O) groups is 1. The number of esters is 1. The van der Waals surface area contributed by atoms with Gasteiger partial charge in [-0.1, -0.05) is 12.1 Å². The Morgan fingerprint density at radius 1 is 1.05 bits per heavy atom. The lowest BCUT2D eigenvalue weighted by Gasteiger charge is -2.11. The Morgan fingerprint density at radius 2 is 1.76 bits per heavy atom. The molecule has 0 aliphatic carbocycles. The van der Waals surface area contributed by atoms with Gasteiger partial charge in [-0.15, -0.1) is 0 Å². The molecule has 2 aromatic rings. The maximum Gasteiger partial charge on any atom is 0.338 e. The zero-order chi connectivity index (χ0) is 15.2. The molecule has 0 unspecified atom stereocenters. The summed E-state index contributed by atoms with van der Waals surface area (Å²) in [5, 5.41) is 2.01. The van der Waals surface area contributed by atoms with Gasteiger partial charge >= 0.3 is 5.97 Å². The van der Waals surface area contributed by atoms with E-state index in [1.165, 1.54) is 0 Å². The summed E-state index contributed by atoms with van der Waals surface area (Å²) in [6.45, 7) is 4.64. The second-order valence-corrected chi connectivity index (χ2v) is 5.02. The molecule has 4 nitrogen and oxygen atoms in total. The quantitative estimate of drug-likeness (QED) is 0.603. The van der Waals surface area contributed by atoms with Gasteiger partial charge in [0.25, 0.3) is 0 Å². The molecule has 0 saturated carbocycles. The number of rotatable bonds is 6. The van der Waals surface area contributed by atoms with Crippen LogP contribution in [0.4, 0.5) is 0 Å². The molecule has 0 atom stereocenters. The third-order valence-electron chi connectivity index (χ3n) is 2.94. The van der Waals surface area contributed by atoms with Gasteiger partial charge in [0.2, 0.25) is 0 Å². The minimum absolute atomic E-state index is 0.137. The van der Waals surface area contributed by atoms with Gasteiger partial charge in [-0.3, -0.25) is 0 Å². The first-order valence-electron chi connectivity index (χ1n) is 6.96. The smallest absolute Gasteiger partial charge is 0.338 e. The SMILES string of the molecule is COCCOC(=O)c1ccc2cc(OC(C)C)ccc2c1. The highest BCUT2D eigenvalue weighted by Gasteiger charge is 2.08. The molecular formula is C17H20O4. The van der Waals surface area contributed by atoms with E-state index < -0.39 is 0 Å². The zero-order valence-corrected chi connectivity index (χ0v) is 12.6. The average Bonchev–Trinajstić information content (AvgIpc) is 2.46. The zero-order valence-electron chi connectivity index (χ0n) is 12.6. The molecule has 0 fully saturated rings. The largest absolute Gasteiger partial charge is 0.491 e. The molecule has 112 valence electrons. The fourth-order valence-electron chi connectivity index (χ4n) is 2.00. The maximum atomic E-state index is 11.9. The summed E-state index contributed by atoms with van der Waals surface area (Å²) in [5.41, 5.74) is 0.538. The van der Waals surface area contributed by atoms with Gasteiger partial charge in [-0.25, -0.2) is 4.79 Å². The number of fused-ring (bicyclic) bond motifs is 1. The van der Waals surface area contributed by atoms with Gasteiger partial charge < -0.3 is 14.2 Å². The summed E-state index contributed by atoms with van der Waals surface area (Å²) in [7, 11) is 1.57. The first-order valence-corrected chi connectivity index (χ1v) is 6.96. The molecule has 0 aliphatic heterocycles. The van der Waals surface area contributed by atoms with Crippen molar-refractivity contribution in [1.29, 1.82) is 0 Å². The van der Waals surface area contributed by atoms with Crippen molar-refractivity contribution >= 4 is 16.7 Å². The lowest BCUT2D eigenvalue weighted by molar-refractivity contribution is 0.0388. The normalized spacial score (nSPS) is 10.9. The molecule has 4 heteroatoms. The summed E-state index contributed by atoms with van der Waals surface area (Å²) in [4.78, 5) is 11.9. The van der Waals surface area contributed by atoms with Crippen LogP contribution in [-0.4, -0.2) is 32.4 Å². The summed E-state index contributed by atoms with van der Waals surface area (Å²) < 4.78 is 15.6. The summed E-state index contributed by atoms with van der Waals surface area (Å²) >= 11 is 0. The fourth-order valence-corrected chi connectivity index (χ4v) is 2.00. The van der Waals surface area contributed by atoms with E-state index in [4.69, 9.17) is 14.2 Å². The van der Waals surface area contributed by atoms with Crippen LogP contribution in [0.3, 0.4) is 0 Å². The number of hydrogen-bond donors (Lipinski definition) is 0. The van der Waals surface area contributed by atoms with Crippen LogP contribution in [0.25, 0.3) is 10.8 Å². The van der Waals surface area contributed by atoms with Crippen molar-refractivity contribution in [3.05, 3.63) is 42.0 Å². The van der Waals surface area contributed by atoms with Gasteiger partial charge in [-0.2, -0.15) is 0 Å².